The van der Waals surface area contributed by atoms with Crippen LogP contribution in [0.2, 0.25) is 0 Å². The number of sulfonamides is 1. The van der Waals surface area contributed by atoms with Gasteiger partial charge in [-0.3, -0.25) is 9.52 Å². The molecule has 6 nitrogen and oxygen atoms in total. The molecule has 9 heteroatoms. The Morgan fingerprint density at radius 3 is 2.56 bits per heavy atom. The second-order valence-corrected chi connectivity index (χ2v) is 10.7. The molecular weight excluding hydrogens is 464 g/mol. The molecule has 0 unspecified atom stereocenters. The number of amides is 1. The van der Waals surface area contributed by atoms with Crippen LogP contribution in [0.4, 0.5) is 5.69 Å². The highest BCUT2D eigenvalue weighted by Crippen LogP contribution is 2.27. The third kappa shape index (κ3) is 6.51. The number of aryl methyl sites for hydroxylation is 1. The van der Waals surface area contributed by atoms with Crippen molar-refractivity contribution in [2.45, 2.75) is 24.0 Å². The van der Waals surface area contributed by atoms with Gasteiger partial charge in [0.2, 0.25) is 0 Å². The quantitative estimate of drug-likeness (QED) is 0.378. The molecule has 0 saturated carbocycles. The van der Waals surface area contributed by atoms with Gasteiger partial charge in [-0.1, -0.05) is 25.1 Å². The first-order valence-electron chi connectivity index (χ1n) is 10.1. The molecule has 0 aliphatic rings. The number of rotatable bonds is 11. The van der Waals surface area contributed by atoms with Crippen LogP contribution in [-0.4, -0.2) is 33.7 Å². The zero-order valence-corrected chi connectivity index (χ0v) is 20.4. The standard InChI is InChI=1S/C23H26N2O4S3/c1-3-17-6-9-19(10-7-17)25-32(27,28)22-15-18(8-11-21(22)29-2)23(26)24-12-14-30-16-20-5-4-13-31-20/h4-11,13,15,25H,3,12,14,16H2,1-2H3,(H,24,26). The lowest BCUT2D eigenvalue weighted by molar-refractivity contribution is 0.0956. The van der Waals surface area contributed by atoms with E-state index < -0.39 is 10.0 Å². The Bertz CT molecular complexity index is 1130. The van der Waals surface area contributed by atoms with Crippen LogP contribution in [0.15, 0.2) is 64.9 Å². The van der Waals surface area contributed by atoms with Gasteiger partial charge in [0.1, 0.15) is 10.6 Å². The van der Waals surface area contributed by atoms with Crippen molar-refractivity contribution in [2.24, 2.45) is 0 Å². The summed E-state index contributed by atoms with van der Waals surface area (Å²) in [7, 11) is -2.55. The molecule has 32 heavy (non-hydrogen) atoms. The number of anilines is 1. The number of hydrogen-bond donors (Lipinski definition) is 2. The largest absolute Gasteiger partial charge is 0.495 e. The van der Waals surface area contributed by atoms with Crippen molar-refractivity contribution < 1.29 is 17.9 Å². The zero-order chi connectivity index (χ0) is 23.0. The fourth-order valence-corrected chi connectivity index (χ4v) is 5.91. The van der Waals surface area contributed by atoms with E-state index in [4.69, 9.17) is 4.74 Å². The summed E-state index contributed by atoms with van der Waals surface area (Å²) in [6, 6.07) is 15.7. The minimum atomic E-state index is -3.94. The average molecular weight is 491 g/mol. The maximum atomic E-state index is 13.0. The Kier molecular flexibility index (Phi) is 8.60. The molecule has 1 heterocycles. The summed E-state index contributed by atoms with van der Waals surface area (Å²) in [5.74, 6) is 1.52. The lowest BCUT2D eigenvalue weighted by Gasteiger charge is -2.13. The van der Waals surface area contributed by atoms with E-state index in [1.165, 1.54) is 24.1 Å². The summed E-state index contributed by atoms with van der Waals surface area (Å²) < 4.78 is 33.8. The minimum Gasteiger partial charge on any atom is -0.495 e. The lowest BCUT2D eigenvalue weighted by Crippen LogP contribution is -2.26. The SMILES string of the molecule is CCc1ccc(NS(=O)(=O)c2cc(C(=O)NCCSCc3cccs3)ccc2OC)cc1. The predicted octanol–water partition coefficient (Wildman–Crippen LogP) is 4.78. The predicted molar refractivity (Wildman–Crippen MR) is 132 cm³/mol. The highest BCUT2D eigenvalue weighted by atomic mass is 32.2. The van der Waals surface area contributed by atoms with E-state index in [0.717, 1.165) is 23.5 Å². The highest BCUT2D eigenvalue weighted by molar-refractivity contribution is 7.98. The first kappa shape index (κ1) is 24.2. The molecule has 0 saturated heterocycles. The number of ether oxygens (including phenoxy) is 1. The zero-order valence-electron chi connectivity index (χ0n) is 18.0. The smallest absolute Gasteiger partial charge is 0.265 e. The first-order chi connectivity index (χ1) is 15.4. The van der Waals surface area contributed by atoms with Gasteiger partial charge in [-0.15, -0.1) is 11.3 Å². The first-order valence-corrected chi connectivity index (χ1v) is 13.6. The van der Waals surface area contributed by atoms with Crippen molar-refractivity contribution in [1.29, 1.82) is 0 Å². The summed E-state index contributed by atoms with van der Waals surface area (Å²) in [5, 5.41) is 4.89. The molecule has 0 fully saturated rings. The van der Waals surface area contributed by atoms with Crippen LogP contribution in [0.1, 0.15) is 27.7 Å². The van der Waals surface area contributed by atoms with Crippen LogP contribution < -0.4 is 14.8 Å². The Morgan fingerprint density at radius 1 is 1.12 bits per heavy atom. The van der Waals surface area contributed by atoms with Gasteiger partial charge in [0.25, 0.3) is 15.9 Å². The molecule has 0 aliphatic carbocycles. The third-order valence-electron chi connectivity index (χ3n) is 4.69. The molecular formula is C23H26N2O4S3. The molecule has 0 aliphatic heterocycles. The normalized spacial score (nSPS) is 11.2. The number of carbonyl (C=O) groups is 1. The number of nitrogens with one attached hydrogen (secondary N) is 2. The molecule has 2 aromatic carbocycles. The van der Waals surface area contributed by atoms with E-state index in [0.29, 0.717) is 12.2 Å². The molecule has 0 spiro atoms. The van der Waals surface area contributed by atoms with Gasteiger partial charge in [0.15, 0.2) is 0 Å². The molecule has 0 atom stereocenters. The molecule has 3 rings (SSSR count). The van der Waals surface area contributed by atoms with Gasteiger partial charge >= 0.3 is 0 Å². The Hall–Kier alpha value is -2.49. The summed E-state index contributed by atoms with van der Waals surface area (Å²) in [6.07, 6.45) is 0.866. The average Bonchev–Trinajstić information content (AvgIpc) is 3.32. The van der Waals surface area contributed by atoms with Crippen LogP contribution >= 0.6 is 23.1 Å². The van der Waals surface area contributed by atoms with E-state index in [1.54, 1.807) is 41.3 Å². The van der Waals surface area contributed by atoms with E-state index >= 15 is 0 Å². The summed E-state index contributed by atoms with van der Waals surface area (Å²) in [4.78, 5) is 13.8. The summed E-state index contributed by atoms with van der Waals surface area (Å²) in [5.41, 5.74) is 1.82. The van der Waals surface area contributed by atoms with Gasteiger partial charge in [-0.2, -0.15) is 11.8 Å². The molecule has 3 aromatic rings. The molecule has 0 radical (unpaired) electrons. The van der Waals surface area contributed by atoms with E-state index in [9.17, 15) is 13.2 Å². The Morgan fingerprint density at radius 2 is 1.91 bits per heavy atom. The van der Waals surface area contributed by atoms with E-state index in [2.05, 4.69) is 16.1 Å². The number of methoxy groups -OCH3 is 1. The Labute approximate surface area is 197 Å². The number of thioether (sulfide) groups is 1. The van der Waals surface area contributed by atoms with Crippen molar-refractivity contribution in [1.82, 2.24) is 5.32 Å². The minimum absolute atomic E-state index is 0.0840. The maximum Gasteiger partial charge on any atom is 0.265 e. The second kappa shape index (κ2) is 11.4. The van der Waals surface area contributed by atoms with Crippen molar-refractivity contribution in [3.63, 3.8) is 0 Å². The third-order valence-corrected chi connectivity index (χ3v) is 8.16. The van der Waals surface area contributed by atoms with Gasteiger partial charge < -0.3 is 10.1 Å². The number of carbonyl (C=O) groups excluding carboxylic acids is 1. The molecule has 170 valence electrons. The highest BCUT2D eigenvalue weighted by Gasteiger charge is 2.22. The Balaban J connectivity index is 1.66. The van der Waals surface area contributed by atoms with E-state index in [1.807, 2.05) is 30.5 Å². The maximum absolute atomic E-state index is 13.0. The van der Waals surface area contributed by atoms with Crippen LogP contribution in [0.3, 0.4) is 0 Å². The molecule has 2 N–H and O–H groups in total. The lowest BCUT2D eigenvalue weighted by atomic mass is 10.2. The summed E-state index contributed by atoms with van der Waals surface area (Å²) >= 11 is 3.45. The van der Waals surface area contributed by atoms with Crippen LogP contribution in [0, 0.1) is 0 Å². The van der Waals surface area contributed by atoms with Crippen LogP contribution in [0.5, 0.6) is 5.75 Å². The van der Waals surface area contributed by atoms with Gasteiger partial charge in [0, 0.05) is 34.2 Å². The van der Waals surface area contributed by atoms with Gasteiger partial charge in [-0.05, 0) is 53.8 Å². The van der Waals surface area contributed by atoms with Crippen molar-refractivity contribution >= 4 is 44.7 Å². The number of hydrogen-bond acceptors (Lipinski definition) is 6. The summed E-state index contributed by atoms with van der Waals surface area (Å²) in [6.45, 7) is 2.52. The fourth-order valence-electron chi connectivity index (χ4n) is 2.95. The monoisotopic (exact) mass is 490 g/mol. The second-order valence-electron chi connectivity index (χ2n) is 6.91. The fraction of sp³-hybridized carbons (Fsp3) is 0.261. The molecule has 1 aromatic heterocycles. The van der Waals surface area contributed by atoms with Gasteiger partial charge in [-0.25, -0.2) is 8.42 Å². The van der Waals surface area contributed by atoms with Gasteiger partial charge in [0.05, 0.1) is 7.11 Å². The number of benzene rings is 2. The van der Waals surface area contributed by atoms with Crippen LogP contribution in [-0.2, 0) is 22.2 Å². The molecule has 0 bridgehead atoms. The molecule has 1 amide bonds. The van der Waals surface area contributed by atoms with Crippen molar-refractivity contribution in [3.05, 3.63) is 76.0 Å². The number of thiophene rings is 1. The topological polar surface area (TPSA) is 84.5 Å². The van der Waals surface area contributed by atoms with Crippen molar-refractivity contribution in [3.8, 4) is 5.75 Å². The van der Waals surface area contributed by atoms with E-state index in [-0.39, 0.29) is 22.1 Å². The van der Waals surface area contributed by atoms with Crippen LogP contribution in [0.25, 0.3) is 0 Å². The van der Waals surface area contributed by atoms with Crippen molar-refractivity contribution in [2.75, 3.05) is 24.1 Å².